The van der Waals surface area contributed by atoms with Gasteiger partial charge in [0, 0.05) is 11.8 Å². The summed E-state index contributed by atoms with van der Waals surface area (Å²) in [5, 5.41) is 14.6. The van der Waals surface area contributed by atoms with Crippen molar-refractivity contribution in [1.82, 2.24) is 10.2 Å². The fraction of sp³-hybridized carbons (Fsp3) is 0.278. The number of hydrogen-bond acceptors (Lipinski definition) is 9. The van der Waals surface area contributed by atoms with Crippen molar-refractivity contribution in [2.45, 2.75) is 23.1 Å². The third kappa shape index (κ3) is 4.57. The Hall–Kier alpha value is -2.72. The first kappa shape index (κ1) is 18.6. The average molecular weight is 419 g/mol. The van der Waals surface area contributed by atoms with Gasteiger partial charge in [-0.15, -0.1) is 10.2 Å². The molecule has 0 aliphatic carbocycles. The van der Waals surface area contributed by atoms with Gasteiger partial charge < -0.3 is 24.5 Å². The molecule has 0 fully saturated rings. The van der Waals surface area contributed by atoms with Crippen molar-refractivity contribution in [2.24, 2.45) is 0 Å². The Kier molecular flexibility index (Phi) is 5.68. The molecule has 1 atom stereocenters. The molecule has 0 spiro atoms. The van der Waals surface area contributed by atoms with E-state index in [1.165, 1.54) is 23.1 Å². The van der Waals surface area contributed by atoms with Gasteiger partial charge in [-0.05, 0) is 31.2 Å². The summed E-state index contributed by atoms with van der Waals surface area (Å²) in [6, 6.07) is 9.08. The van der Waals surface area contributed by atoms with Crippen molar-refractivity contribution in [1.29, 1.82) is 0 Å². The minimum absolute atomic E-state index is 0.123. The molecule has 1 aliphatic heterocycles. The summed E-state index contributed by atoms with van der Waals surface area (Å²) in [7, 11) is 0. The molecule has 0 saturated carbocycles. The standard InChI is InChI=1S/C18H18N4O4S2/c1-11(16(23)20-12-4-5-14-15(9-12)26-8-7-25-14)27-18-22-21-17(28-18)19-10-13-3-2-6-24-13/h2-6,9,11H,7-8,10H2,1H3,(H,19,21)(H,20,23). The summed E-state index contributed by atoms with van der Waals surface area (Å²) in [5.74, 6) is 2.02. The number of hydrogen-bond donors (Lipinski definition) is 2. The SMILES string of the molecule is CC(Sc1nnc(NCc2ccco2)s1)C(=O)Nc1ccc2c(c1)OCCO2. The zero-order valence-corrected chi connectivity index (χ0v) is 16.6. The van der Waals surface area contributed by atoms with Crippen LogP contribution < -0.4 is 20.1 Å². The van der Waals surface area contributed by atoms with Gasteiger partial charge in [-0.2, -0.15) is 0 Å². The Morgan fingerprint density at radius 3 is 2.93 bits per heavy atom. The summed E-state index contributed by atoms with van der Waals surface area (Å²) >= 11 is 2.75. The van der Waals surface area contributed by atoms with Crippen molar-refractivity contribution in [3.05, 3.63) is 42.4 Å². The quantitative estimate of drug-likeness (QED) is 0.561. The van der Waals surface area contributed by atoms with Crippen molar-refractivity contribution in [3.8, 4) is 11.5 Å². The second kappa shape index (κ2) is 8.53. The highest BCUT2D eigenvalue weighted by atomic mass is 32.2. The Morgan fingerprint density at radius 1 is 1.25 bits per heavy atom. The van der Waals surface area contributed by atoms with E-state index >= 15 is 0 Å². The average Bonchev–Trinajstić information content (AvgIpc) is 3.38. The molecule has 1 unspecified atom stereocenters. The van der Waals surface area contributed by atoms with Crippen LogP contribution in [-0.4, -0.2) is 34.6 Å². The van der Waals surface area contributed by atoms with Gasteiger partial charge in [0.25, 0.3) is 0 Å². The fourth-order valence-corrected chi connectivity index (χ4v) is 4.37. The smallest absolute Gasteiger partial charge is 0.237 e. The number of furan rings is 1. The minimum atomic E-state index is -0.334. The van der Waals surface area contributed by atoms with Crippen molar-refractivity contribution >= 4 is 39.8 Å². The van der Waals surface area contributed by atoms with E-state index < -0.39 is 0 Å². The van der Waals surface area contributed by atoms with Crippen LogP contribution in [-0.2, 0) is 11.3 Å². The van der Waals surface area contributed by atoms with Gasteiger partial charge in [0.05, 0.1) is 18.1 Å². The van der Waals surface area contributed by atoms with Crippen LogP contribution in [0.2, 0.25) is 0 Å². The second-order valence-electron chi connectivity index (χ2n) is 5.91. The molecule has 1 amide bonds. The van der Waals surface area contributed by atoms with E-state index in [0.717, 1.165) is 5.76 Å². The van der Waals surface area contributed by atoms with Crippen LogP contribution in [0, 0.1) is 0 Å². The van der Waals surface area contributed by atoms with E-state index in [1.54, 1.807) is 24.5 Å². The summed E-state index contributed by atoms with van der Waals surface area (Å²) in [5.41, 5.74) is 0.666. The minimum Gasteiger partial charge on any atom is -0.486 e. The molecule has 2 N–H and O–H groups in total. The highest BCUT2D eigenvalue weighted by molar-refractivity contribution is 8.02. The number of thioether (sulfide) groups is 1. The number of ether oxygens (including phenoxy) is 2. The molecule has 0 radical (unpaired) electrons. The third-order valence-corrected chi connectivity index (χ3v) is 5.92. The number of anilines is 2. The van der Waals surface area contributed by atoms with Crippen LogP contribution in [0.4, 0.5) is 10.8 Å². The number of fused-ring (bicyclic) bond motifs is 1. The first-order valence-corrected chi connectivity index (χ1v) is 10.3. The van der Waals surface area contributed by atoms with Crippen LogP contribution in [0.15, 0.2) is 45.4 Å². The molecule has 4 rings (SSSR count). The van der Waals surface area contributed by atoms with Crippen LogP contribution in [0.1, 0.15) is 12.7 Å². The van der Waals surface area contributed by atoms with Crippen LogP contribution in [0.5, 0.6) is 11.5 Å². The molecule has 1 aromatic carbocycles. The van der Waals surface area contributed by atoms with Gasteiger partial charge in [0.1, 0.15) is 19.0 Å². The molecule has 0 saturated heterocycles. The zero-order valence-electron chi connectivity index (χ0n) is 15.0. The monoisotopic (exact) mass is 418 g/mol. The lowest BCUT2D eigenvalue weighted by molar-refractivity contribution is -0.115. The molecular weight excluding hydrogens is 400 g/mol. The maximum Gasteiger partial charge on any atom is 0.237 e. The molecule has 2 aromatic heterocycles. The molecule has 3 aromatic rings. The van der Waals surface area contributed by atoms with Crippen molar-refractivity contribution < 1.29 is 18.7 Å². The van der Waals surface area contributed by atoms with Gasteiger partial charge in [-0.1, -0.05) is 23.1 Å². The number of amides is 1. The molecule has 8 nitrogen and oxygen atoms in total. The largest absolute Gasteiger partial charge is 0.486 e. The number of rotatable bonds is 7. The molecule has 10 heteroatoms. The number of carbonyl (C=O) groups is 1. The molecule has 0 bridgehead atoms. The van der Waals surface area contributed by atoms with E-state index in [4.69, 9.17) is 13.9 Å². The van der Waals surface area contributed by atoms with E-state index in [9.17, 15) is 4.79 Å². The van der Waals surface area contributed by atoms with Crippen molar-refractivity contribution in [2.75, 3.05) is 23.8 Å². The van der Waals surface area contributed by atoms with Gasteiger partial charge in [-0.25, -0.2) is 0 Å². The number of aromatic nitrogens is 2. The lowest BCUT2D eigenvalue weighted by atomic mass is 10.2. The van der Waals surface area contributed by atoms with Gasteiger partial charge in [-0.3, -0.25) is 4.79 Å². The topological polar surface area (TPSA) is 98.5 Å². The second-order valence-corrected chi connectivity index (χ2v) is 8.48. The summed E-state index contributed by atoms with van der Waals surface area (Å²) in [4.78, 5) is 12.5. The first-order chi connectivity index (χ1) is 13.7. The number of carbonyl (C=O) groups excluding carboxylic acids is 1. The summed E-state index contributed by atoms with van der Waals surface area (Å²) in [6.45, 7) is 3.40. The van der Waals surface area contributed by atoms with Gasteiger partial charge in [0.2, 0.25) is 11.0 Å². The maximum atomic E-state index is 12.5. The highest BCUT2D eigenvalue weighted by Gasteiger charge is 2.19. The Bertz CT molecular complexity index is 945. The predicted molar refractivity (Wildman–Crippen MR) is 107 cm³/mol. The maximum absolute atomic E-state index is 12.5. The number of benzene rings is 1. The van der Waals surface area contributed by atoms with Crippen LogP contribution in [0.25, 0.3) is 0 Å². The lowest BCUT2D eigenvalue weighted by Gasteiger charge is -2.19. The van der Waals surface area contributed by atoms with E-state index in [-0.39, 0.29) is 11.2 Å². The number of nitrogens with one attached hydrogen (secondary N) is 2. The highest BCUT2D eigenvalue weighted by Crippen LogP contribution is 2.33. The third-order valence-electron chi connectivity index (χ3n) is 3.86. The Labute approximate surface area is 169 Å². The normalized spacial score (nSPS) is 13.8. The summed E-state index contributed by atoms with van der Waals surface area (Å²) < 4.78 is 17.0. The molecular formula is C18H18N4O4S2. The molecule has 3 heterocycles. The Morgan fingerprint density at radius 2 is 2.11 bits per heavy atom. The number of nitrogens with zero attached hydrogens (tertiary/aromatic N) is 2. The van der Waals surface area contributed by atoms with Gasteiger partial charge >= 0.3 is 0 Å². The van der Waals surface area contributed by atoms with Crippen LogP contribution in [0.3, 0.4) is 0 Å². The zero-order chi connectivity index (χ0) is 19.3. The summed E-state index contributed by atoms with van der Waals surface area (Å²) in [6.07, 6.45) is 1.63. The molecule has 28 heavy (non-hydrogen) atoms. The van der Waals surface area contributed by atoms with Gasteiger partial charge in [0.15, 0.2) is 15.8 Å². The fourth-order valence-electron chi connectivity index (χ4n) is 2.47. The van der Waals surface area contributed by atoms with Crippen LogP contribution >= 0.6 is 23.1 Å². The predicted octanol–water partition coefficient (Wildman–Crippen LogP) is 3.63. The van der Waals surface area contributed by atoms with E-state index in [0.29, 0.717) is 46.4 Å². The first-order valence-electron chi connectivity index (χ1n) is 8.64. The van der Waals surface area contributed by atoms with Crippen molar-refractivity contribution in [3.63, 3.8) is 0 Å². The van der Waals surface area contributed by atoms with E-state index in [1.807, 2.05) is 19.1 Å². The van der Waals surface area contributed by atoms with E-state index in [2.05, 4.69) is 20.8 Å². The Balaban J connectivity index is 1.30. The lowest BCUT2D eigenvalue weighted by Crippen LogP contribution is -2.22. The molecule has 1 aliphatic rings. The molecule has 146 valence electrons.